The van der Waals surface area contributed by atoms with Crippen LogP contribution in [0.5, 0.6) is 0 Å². The highest BCUT2D eigenvalue weighted by molar-refractivity contribution is 7.31. The molecule has 3 aliphatic rings. The highest BCUT2D eigenvalue weighted by Crippen LogP contribution is 2.60. The van der Waals surface area contributed by atoms with Crippen LogP contribution in [0.2, 0.25) is 0 Å². The van der Waals surface area contributed by atoms with Gasteiger partial charge in [0.1, 0.15) is 11.2 Å². The molecule has 2 aliphatic heterocycles. The van der Waals surface area contributed by atoms with Gasteiger partial charge in [0.2, 0.25) is 0 Å². The predicted molar refractivity (Wildman–Crippen MR) is 298 cm³/mol. The molecule has 11 aromatic rings. The van der Waals surface area contributed by atoms with Crippen LogP contribution in [0.1, 0.15) is 75.3 Å². The van der Waals surface area contributed by atoms with Gasteiger partial charge in [-0.25, -0.2) is 0 Å². The molecule has 1 aliphatic carbocycles. The van der Waals surface area contributed by atoms with Crippen molar-refractivity contribution in [2.24, 2.45) is 0 Å². The zero-order valence-electron chi connectivity index (χ0n) is 40.3. The van der Waals surface area contributed by atoms with Gasteiger partial charge < -0.3 is 14.1 Å². The van der Waals surface area contributed by atoms with E-state index in [2.05, 4.69) is 245 Å². The molecule has 14 rings (SSSR count). The van der Waals surface area contributed by atoms with Crippen LogP contribution < -0.4 is 20.0 Å². The lowest BCUT2D eigenvalue weighted by atomic mass is 9.43. The van der Waals surface area contributed by atoms with Crippen molar-refractivity contribution >= 4 is 88.9 Å². The lowest BCUT2D eigenvalue weighted by Crippen LogP contribution is -2.61. The fourth-order valence-electron chi connectivity index (χ4n) is 12.1. The number of rotatable bonds is 5. The Morgan fingerprint density at radius 3 is 1.89 bits per heavy atom. The standard InChI is InChI=1S/C65H51BN2OS/c1-64(2,3)41-27-30-45(31-28-41)68-52-34-32-46(67(43-20-12-8-13-21-43)44-22-14-9-15-23-44)38-50(52)56-57-48-24-16-17-25-53(48)69-62(57)58-49-37-42(65(4,5)6)29-33-47(49)55-59-51-36-40(39-18-10-7-11-19-39)26-35-54(51)70-63(59)66(68)61(56)60(55)58/h7-38,55H,1-6H3. The van der Waals surface area contributed by atoms with Crippen molar-refractivity contribution in [2.75, 3.05) is 9.71 Å². The molecule has 70 heavy (non-hydrogen) atoms. The molecule has 1 unspecified atom stereocenters. The van der Waals surface area contributed by atoms with Crippen molar-refractivity contribution in [3.05, 3.63) is 222 Å². The second kappa shape index (κ2) is 15.0. The molecular weight excluding hydrogens is 868 g/mol. The van der Waals surface area contributed by atoms with Crippen molar-refractivity contribution in [3.8, 4) is 33.4 Å². The van der Waals surface area contributed by atoms with Gasteiger partial charge in [-0.3, -0.25) is 0 Å². The first-order valence-corrected chi connectivity index (χ1v) is 25.5. The summed E-state index contributed by atoms with van der Waals surface area (Å²) in [5.41, 5.74) is 23.3. The molecule has 4 heterocycles. The van der Waals surface area contributed by atoms with Gasteiger partial charge in [0.05, 0.1) is 0 Å². The van der Waals surface area contributed by atoms with Crippen LogP contribution in [0.3, 0.4) is 0 Å². The fraction of sp³-hybridized carbons (Fsp3) is 0.138. The van der Waals surface area contributed by atoms with Crippen molar-refractivity contribution in [1.29, 1.82) is 0 Å². The van der Waals surface area contributed by atoms with E-state index in [1.807, 2.05) is 11.3 Å². The van der Waals surface area contributed by atoms with E-state index < -0.39 is 0 Å². The van der Waals surface area contributed by atoms with E-state index in [4.69, 9.17) is 4.42 Å². The smallest absolute Gasteiger partial charge is 0.339 e. The zero-order chi connectivity index (χ0) is 47.2. The van der Waals surface area contributed by atoms with E-state index in [0.717, 1.165) is 33.6 Å². The summed E-state index contributed by atoms with van der Waals surface area (Å²) in [5.74, 6) is 0.0105. The molecule has 336 valence electrons. The van der Waals surface area contributed by atoms with E-state index in [-0.39, 0.29) is 23.6 Å². The summed E-state index contributed by atoms with van der Waals surface area (Å²) in [6.07, 6.45) is 0. The topological polar surface area (TPSA) is 19.6 Å². The van der Waals surface area contributed by atoms with E-state index in [9.17, 15) is 0 Å². The van der Waals surface area contributed by atoms with Crippen molar-refractivity contribution in [2.45, 2.75) is 58.3 Å². The highest BCUT2D eigenvalue weighted by atomic mass is 32.1. The number of hydrogen-bond donors (Lipinski definition) is 0. The molecule has 3 nitrogen and oxygen atoms in total. The summed E-state index contributed by atoms with van der Waals surface area (Å²) >= 11 is 1.99. The summed E-state index contributed by atoms with van der Waals surface area (Å²) in [7, 11) is 0. The van der Waals surface area contributed by atoms with Gasteiger partial charge >= 0.3 is 6.85 Å². The minimum absolute atomic E-state index is 0.0105. The molecule has 0 N–H and O–H groups in total. The third-order valence-electron chi connectivity index (χ3n) is 15.4. The Morgan fingerprint density at radius 1 is 0.529 bits per heavy atom. The quantitative estimate of drug-likeness (QED) is 0.160. The second-order valence-corrected chi connectivity index (χ2v) is 22.7. The number of nitrogens with zero attached hydrogens (tertiary/aromatic N) is 2. The van der Waals surface area contributed by atoms with Crippen LogP contribution in [0.4, 0.5) is 28.4 Å². The number of thiophene rings is 1. The zero-order valence-corrected chi connectivity index (χ0v) is 41.2. The first kappa shape index (κ1) is 41.4. The molecule has 0 bridgehead atoms. The summed E-state index contributed by atoms with van der Waals surface area (Å²) in [6.45, 7) is 13.8. The number of fused-ring (bicyclic) bond motifs is 15. The first-order chi connectivity index (χ1) is 34.0. The molecule has 2 aromatic heterocycles. The number of benzene rings is 9. The van der Waals surface area contributed by atoms with Gasteiger partial charge in [-0.1, -0.05) is 163 Å². The van der Waals surface area contributed by atoms with Crippen LogP contribution in [0, 0.1) is 0 Å². The third kappa shape index (κ3) is 6.01. The predicted octanol–water partition coefficient (Wildman–Crippen LogP) is 16.9. The van der Waals surface area contributed by atoms with Gasteiger partial charge in [-0.05, 0) is 145 Å². The number of para-hydroxylation sites is 3. The molecule has 0 fully saturated rings. The SMILES string of the molecule is CC(C)(C)c1ccc(N2B3c4sc5ccc(-c6ccccc6)cc5c4C4c5ccc(C(C)(C)C)cc5-c5c4c3c(c3c5oc4ccccc43)-c3cc(N(c4ccccc4)c4ccccc4)ccc32)cc1. The molecule has 0 spiro atoms. The van der Waals surface area contributed by atoms with Gasteiger partial charge in [-0.2, -0.15) is 0 Å². The van der Waals surface area contributed by atoms with Crippen molar-refractivity contribution in [3.63, 3.8) is 0 Å². The minimum Gasteiger partial charge on any atom is -0.455 e. The number of hydrogen-bond acceptors (Lipinski definition) is 4. The maximum absolute atomic E-state index is 7.35. The monoisotopic (exact) mass is 918 g/mol. The third-order valence-corrected chi connectivity index (χ3v) is 16.7. The minimum atomic E-state index is -0.111. The largest absolute Gasteiger partial charge is 0.455 e. The van der Waals surface area contributed by atoms with E-state index in [1.54, 1.807) is 0 Å². The Balaban J connectivity index is 1.15. The Kier molecular flexibility index (Phi) is 8.84. The van der Waals surface area contributed by atoms with Crippen molar-refractivity contribution in [1.82, 2.24) is 0 Å². The fourth-order valence-corrected chi connectivity index (χ4v) is 13.4. The summed E-state index contributed by atoms with van der Waals surface area (Å²) in [4.78, 5) is 5.10. The molecule has 9 aromatic carbocycles. The highest BCUT2D eigenvalue weighted by Gasteiger charge is 2.52. The first-order valence-electron chi connectivity index (χ1n) is 24.7. The van der Waals surface area contributed by atoms with Gasteiger partial charge in [0, 0.05) is 65.7 Å². The average molecular weight is 919 g/mol. The van der Waals surface area contributed by atoms with Gasteiger partial charge in [0.25, 0.3) is 0 Å². The maximum Gasteiger partial charge on any atom is 0.339 e. The molecule has 5 heteroatoms. The van der Waals surface area contributed by atoms with Crippen molar-refractivity contribution < 1.29 is 4.42 Å². The Bertz CT molecular complexity index is 3870. The van der Waals surface area contributed by atoms with Gasteiger partial charge in [0.15, 0.2) is 0 Å². The van der Waals surface area contributed by atoms with Crippen LogP contribution in [0.15, 0.2) is 199 Å². The summed E-state index contributed by atoms with van der Waals surface area (Å²) < 4.78 is 10.1. The summed E-state index contributed by atoms with van der Waals surface area (Å²) in [5, 5.41) is 3.69. The molecule has 0 saturated heterocycles. The number of furan rings is 1. The normalized spacial score (nSPS) is 14.5. The van der Waals surface area contributed by atoms with Gasteiger partial charge in [-0.15, -0.1) is 11.3 Å². The van der Waals surface area contributed by atoms with Crippen LogP contribution >= 0.6 is 11.3 Å². The maximum atomic E-state index is 7.35. The molecular formula is C65H51BN2OS. The van der Waals surface area contributed by atoms with E-state index >= 15 is 0 Å². The molecule has 0 radical (unpaired) electrons. The molecule has 0 saturated carbocycles. The molecule has 0 amide bonds. The van der Waals surface area contributed by atoms with Crippen LogP contribution in [-0.2, 0) is 10.8 Å². The lowest BCUT2D eigenvalue weighted by molar-refractivity contribution is 0.590. The second-order valence-electron chi connectivity index (χ2n) is 21.6. The van der Waals surface area contributed by atoms with E-state index in [0.29, 0.717) is 0 Å². The van der Waals surface area contributed by atoms with E-state index in [1.165, 1.54) is 98.3 Å². The Hall–Kier alpha value is -7.60. The summed E-state index contributed by atoms with van der Waals surface area (Å²) in [6, 6.07) is 72.5. The van der Waals surface area contributed by atoms with Crippen LogP contribution in [-0.4, -0.2) is 6.85 Å². The number of anilines is 5. The van der Waals surface area contributed by atoms with Crippen LogP contribution in [0.25, 0.3) is 65.4 Å². The Morgan fingerprint density at radius 2 is 1.19 bits per heavy atom. The lowest BCUT2D eigenvalue weighted by Gasteiger charge is -2.43. The molecule has 1 atom stereocenters. The Labute approximate surface area is 414 Å². The average Bonchev–Trinajstić information content (AvgIpc) is 4.06.